The maximum Gasteiger partial charge on any atom is 0.268 e. The molecule has 0 radical (unpaired) electrons. The van der Waals surface area contributed by atoms with Crippen LogP contribution in [-0.4, -0.2) is 68.5 Å². The molecule has 3 unspecified atom stereocenters. The largest absolute Gasteiger partial charge is 0.756 e. The second kappa shape index (κ2) is 50.9. The minimum Gasteiger partial charge on any atom is -0.756 e. The standard InChI is InChI=1S/C59H117N2O6P/c1-6-8-10-12-14-16-18-20-22-24-26-28-29-30-31-33-34-36-38-40-42-44-46-48-50-52-58(62)57(56-67-68(64,65)66-55-54-61(3,4)5)60-59(63)53-51-49-47-45-43-41-39-37-35-32-27-25-23-21-19-17-15-13-11-9-7-2/h9,11,15,17,57-58,62H,6-8,10,12-14,16,18-56H2,1-5H3,(H-,60,63,64,65)/b11-9-,17-15-. The van der Waals surface area contributed by atoms with Gasteiger partial charge in [0.25, 0.3) is 7.82 Å². The summed E-state index contributed by atoms with van der Waals surface area (Å²) in [6.07, 6.45) is 63.6. The number of carbonyl (C=O) groups is 1. The topological polar surface area (TPSA) is 108 Å². The van der Waals surface area contributed by atoms with E-state index in [4.69, 9.17) is 9.05 Å². The average Bonchev–Trinajstić information content (AvgIpc) is 3.30. The molecular formula is C59H117N2O6P. The lowest BCUT2D eigenvalue weighted by atomic mass is 10.0. The fraction of sp³-hybridized carbons (Fsp3) is 0.915. The lowest BCUT2D eigenvalue weighted by molar-refractivity contribution is -0.870. The molecule has 8 nitrogen and oxygen atoms in total. The van der Waals surface area contributed by atoms with Crippen LogP contribution >= 0.6 is 7.82 Å². The normalized spacial score (nSPS) is 14.0. The van der Waals surface area contributed by atoms with Gasteiger partial charge in [-0.05, 0) is 38.5 Å². The van der Waals surface area contributed by atoms with Crippen LogP contribution in [0.25, 0.3) is 0 Å². The zero-order valence-electron chi connectivity index (χ0n) is 46.1. The summed E-state index contributed by atoms with van der Waals surface area (Å²) in [5.74, 6) is -0.161. The molecule has 2 N–H and O–H groups in total. The van der Waals surface area contributed by atoms with Gasteiger partial charge in [0.2, 0.25) is 5.91 Å². The van der Waals surface area contributed by atoms with Crippen molar-refractivity contribution in [3.63, 3.8) is 0 Å². The van der Waals surface area contributed by atoms with E-state index < -0.39 is 20.0 Å². The minimum atomic E-state index is -4.57. The molecule has 0 rings (SSSR count). The molecule has 0 spiro atoms. The highest BCUT2D eigenvalue weighted by molar-refractivity contribution is 7.45. The van der Waals surface area contributed by atoms with E-state index in [1.807, 2.05) is 21.1 Å². The molecule has 0 saturated heterocycles. The number of likely N-dealkylation sites (N-methyl/N-ethyl adjacent to an activating group) is 1. The summed E-state index contributed by atoms with van der Waals surface area (Å²) in [5, 5.41) is 14.0. The number of rotatable bonds is 55. The number of phosphoric ester groups is 1. The first kappa shape index (κ1) is 67.0. The first-order valence-electron chi connectivity index (χ1n) is 29.7. The third kappa shape index (κ3) is 52.8. The number of carbonyl (C=O) groups excluding carboxylic acids is 1. The Morgan fingerprint density at radius 1 is 0.529 bits per heavy atom. The SMILES string of the molecule is CC/C=C\C/C=C\CCCCCCCCCCCCCCCCC(=O)NC(COP(=O)([O-])OCC[N+](C)(C)C)C(O)CCCCCCCCCCCCCCCCCCCCCCCCCCC. The molecule has 0 bridgehead atoms. The Morgan fingerprint density at radius 3 is 1.29 bits per heavy atom. The first-order chi connectivity index (χ1) is 33.0. The van der Waals surface area contributed by atoms with E-state index in [-0.39, 0.29) is 19.1 Å². The van der Waals surface area contributed by atoms with Gasteiger partial charge in [-0.15, -0.1) is 0 Å². The number of hydrogen-bond donors (Lipinski definition) is 2. The average molecular weight is 982 g/mol. The van der Waals surface area contributed by atoms with Gasteiger partial charge in [-0.1, -0.05) is 276 Å². The molecule has 0 aromatic carbocycles. The predicted octanol–water partition coefficient (Wildman–Crippen LogP) is 17.4. The second-order valence-corrected chi connectivity index (χ2v) is 23.1. The van der Waals surface area contributed by atoms with E-state index in [2.05, 4.69) is 43.5 Å². The monoisotopic (exact) mass is 981 g/mol. The van der Waals surface area contributed by atoms with Crippen molar-refractivity contribution in [1.29, 1.82) is 0 Å². The van der Waals surface area contributed by atoms with E-state index in [0.717, 1.165) is 51.4 Å². The molecule has 0 aliphatic rings. The third-order valence-corrected chi connectivity index (χ3v) is 14.7. The minimum absolute atomic E-state index is 0.0140. The molecule has 9 heteroatoms. The van der Waals surface area contributed by atoms with Crippen LogP contribution in [0.3, 0.4) is 0 Å². The maximum atomic E-state index is 13.0. The number of quaternary nitrogens is 1. The van der Waals surface area contributed by atoms with Gasteiger partial charge in [0, 0.05) is 6.42 Å². The van der Waals surface area contributed by atoms with Crippen LogP contribution in [0.5, 0.6) is 0 Å². The van der Waals surface area contributed by atoms with Gasteiger partial charge < -0.3 is 28.8 Å². The number of phosphoric acid groups is 1. The van der Waals surface area contributed by atoms with E-state index in [1.165, 1.54) is 218 Å². The van der Waals surface area contributed by atoms with Crippen LogP contribution in [-0.2, 0) is 18.4 Å². The van der Waals surface area contributed by atoms with Crippen molar-refractivity contribution in [3.05, 3.63) is 24.3 Å². The molecule has 0 aromatic rings. The summed E-state index contributed by atoms with van der Waals surface area (Å²) in [4.78, 5) is 25.6. The number of amides is 1. The third-order valence-electron chi connectivity index (χ3n) is 13.7. The lowest BCUT2D eigenvalue weighted by Gasteiger charge is -2.30. The molecule has 1 amide bonds. The van der Waals surface area contributed by atoms with Crippen molar-refractivity contribution < 1.29 is 32.9 Å². The van der Waals surface area contributed by atoms with E-state index in [9.17, 15) is 19.4 Å². The van der Waals surface area contributed by atoms with Crippen LogP contribution in [0, 0.1) is 0 Å². The Balaban J connectivity index is 4.11. The molecule has 0 aliphatic heterocycles. The highest BCUT2D eigenvalue weighted by Gasteiger charge is 2.24. The van der Waals surface area contributed by atoms with Crippen molar-refractivity contribution in [1.82, 2.24) is 5.32 Å². The van der Waals surface area contributed by atoms with Crippen LogP contribution in [0.4, 0.5) is 0 Å². The number of aliphatic hydroxyl groups excluding tert-OH is 1. The van der Waals surface area contributed by atoms with Crippen molar-refractivity contribution in [2.75, 3.05) is 40.9 Å². The van der Waals surface area contributed by atoms with Gasteiger partial charge in [-0.25, -0.2) is 0 Å². The maximum absolute atomic E-state index is 13.0. The van der Waals surface area contributed by atoms with Crippen LogP contribution in [0.1, 0.15) is 296 Å². The molecule has 404 valence electrons. The molecule has 0 heterocycles. The Bertz CT molecular complexity index is 1160. The molecule has 0 saturated carbocycles. The summed E-state index contributed by atoms with van der Waals surface area (Å²) >= 11 is 0. The quantitative estimate of drug-likeness (QED) is 0.0272. The Hall–Kier alpha value is -1.02. The number of aliphatic hydroxyl groups is 1. The second-order valence-electron chi connectivity index (χ2n) is 21.7. The summed E-state index contributed by atoms with van der Waals surface area (Å²) < 4.78 is 23.5. The molecule has 3 atom stereocenters. The van der Waals surface area contributed by atoms with Gasteiger partial charge in [0.1, 0.15) is 13.2 Å². The molecule has 0 aromatic heterocycles. The number of unbranched alkanes of at least 4 members (excludes halogenated alkanes) is 38. The van der Waals surface area contributed by atoms with E-state index >= 15 is 0 Å². The van der Waals surface area contributed by atoms with E-state index in [0.29, 0.717) is 23.9 Å². The van der Waals surface area contributed by atoms with Crippen molar-refractivity contribution in [3.8, 4) is 0 Å². The molecule has 0 fully saturated rings. The zero-order chi connectivity index (χ0) is 49.9. The van der Waals surface area contributed by atoms with Crippen LogP contribution in [0.15, 0.2) is 24.3 Å². The molecular weight excluding hydrogens is 864 g/mol. The van der Waals surface area contributed by atoms with Gasteiger partial charge in [0.05, 0.1) is 39.9 Å². The lowest BCUT2D eigenvalue weighted by Crippen LogP contribution is -2.46. The molecule has 0 aliphatic carbocycles. The van der Waals surface area contributed by atoms with Gasteiger partial charge in [-0.2, -0.15) is 0 Å². The van der Waals surface area contributed by atoms with Crippen LogP contribution < -0.4 is 10.2 Å². The number of nitrogens with zero attached hydrogens (tertiary/aromatic N) is 1. The van der Waals surface area contributed by atoms with E-state index in [1.54, 1.807) is 0 Å². The fourth-order valence-corrected chi connectivity index (χ4v) is 9.80. The van der Waals surface area contributed by atoms with Gasteiger partial charge in [-0.3, -0.25) is 9.36 Å². The highest BCUT2D eigenvalue weighted by atomic mass is 31.2. The summed E-state index contributed by atoms with van der Waals surface area (Å²) in [6.45, 7) is 4.67. The van der Waals surface area contributed by atoms with Gasteiger partial charge >= 0.3 is 0 Å². The summed E-state index contributed by atoms with van der Waals surface area (Å²) in [5.41, 5.74) is 0. The highest BCUT2D eigenvalue weighted by Crippen LogP contribution is 2.38. The smallest absolute Gasteiger partial charge is 0.268 e. The fourth-order valence-electron chi connectivity index (χ4n) is 9.08. The van der Waals surface area contributed by atoms with Crippen molar-refractivity contribution in [2.45, 2.75) is 309 Å². The van der Waals surface area contributed by atoms with Crippen molar-refractivity contribution >= 4 is 13.7 Å². The predicted molar refractivity (Wildman–Crippen MR) is 293 cm³/mol. The number of hydrogen-bond acceptors (Lipinski definition) is 6. The first-order valence-corrected chi connectivity index (χ1v) is 31.1. The Morgan fingerprint density at radius 2 is 0.897 bits per heavy atom. The summed E-state index contributed by atoms with van der Waals surface area (Å²) in [7, 11) is 1.32. The Labute approximate surface area is 424 Å². The Kier molecular flexibility index (Phi) is 50.1. The van der Waals surface area contributed by atoms with Crippen molar-refractivity contribution in [2.24, 2.45) is 0 Å². The summed E-state index contributed by atoms with van der Waals surface area (Å²) in [6, 6.07) is -0.800. The molecule has 68 heavy (non-hydrogen) atoms. The van der Waals surface area contributed by atoms with Crippen LogP contribution in [0.2, 0.25) is 0 Å². The van der Waals surface area contributed by atoms with Gasteiger partial charge in [0.15, 0.2) is 0 Å². The zero-order valence-corrected chi connectivity index (χ0v) is 47.0. The number of nitrogens with one attached hydrogen (secondary N) is 1. The number of allylic oxidation sites excluding steroid dienone is 4.